The number of methoxy groups -OCH3 is 1. The van der Waals surface area contributed by atoms with Gasteiger partial charge in [0.15, 0.2) is 0 Å². The van der Waals surface area contributed by atoms with Crippen LogP contribution in [0.25, 0.3) is 0 Å². The average Bonchev–Trinajstić information content (AvgIpc) is 3.34. The molecule has 4 unspecified atom stereocenters. The van der Waals surface area contributed by atoms with Crippen molar-refractivity contribution >= 4 is 24.1 Å². The molecular formula is C35H39NO7S. The molecule has 0 aliphatic carbocycles. The van der Waals surface area contributed by atoms with Gasteiger partial charge in [-0.05, 0) is 29.0 Å². The van der Waals surface area contributed by atoms with Gasteiger partial charge in [0.2, 0.25) is 6.41 Å². The summed E-state index contributed by atoms with van der Waals surface area (Å²) in [7, 11) is 1.29. The highest BCUT2D eigenvalue weighted by atomic mass is 32.2. The smallest absolute Gasteiger partial charge is 0.336 e. The van der Waals surface area contributed by atoms with Gasteiger partial charge in [0.1, 0.15) is 23.9 Å². The first-order valence-corrected chi connectivity index (χ1v) is 15.2. The minimum atomic E-state index is -0.976. The number of hydrogen-bond acceptors (Lipinski definition) is 8. The highest BCUT2D eigenvalue weighted by Gasteiger charge is 2.56. The van der Waals surface area contributed by atoms with E-state index in [1.807, 2.05) is 97.9 Å². The minimum Gasteiger partial charge on any atom is -0.466 e. The molecule has 1 aliphatic heterocycles. The summed E-state index contributed by atoms with van der Waals surface area (Å²) in [5.74, 6) is -0.550. The van der Waals surface area contributed by atoms with Gasteiger partial charge in [-0.2, -0.15) is 0 Å². The number of carbonyl (C=O) groups excluding carboxylic acids is 2. The molecule has 44 heavy (non-hydrogen) atoms. The number of amides is 1. The molecule has 0 aromatic heterocycles. The van der Waals surface area contributed by atoms with Crippen molar-refractivity contribution in [1.82, 2.24) is 5.32 Å². The first-order valence-electron chi connectivity index (χ1n) is 14.3. The summed E-state index contributed by atoms with van der Waals surface area (Å²) in [4.78, 5) is 23.8. The normalized spacial score (nSPS) is 21.5. The SMILES string of the molecule is C=C(SC=C(CNC=O)C(=O)OC)C1OC(COCc2ccccc2)C(OCc2ccccc2)C1(C)OCc1ccccc1. The zero-order valence-corrected chi connectivity index (χ0v) is 25.9. The van der Waals surface area contributed by atoms with Crippen molar-refractivity contribution in [3.63, 3.8) is 0 Å². The van der Waals surface area contributed by atoms with Gasteiger partial charge in [0, 0.05) is 4.91 Å². The topological polar surface area (TPSA) is 92.3 Å². The third kappa shape index (κ3) is 9.14. The second-order valence-corrected chi connectivity index (χ2v) is 11.4. The van der Waals surface area contributed by atoms with Crippen LogP contribution in [0.15, 0.2) is 113 Å². The second-order valence-electron chi connectivity index (χ2n) is 10.4. The van der Waals surface area contributed by atoms with Crippen molar-refractivity contribution in [1.29, 1.82) is 0 Å². The largest absolute Gasteiger partial charge is 0.466 e. The molecule has 0 spiro atoms. The number of thioether (sulfide) groups is 1. The van der Waals surface area contributed by atoms with E-state index in [2.05, 4.69) is 11.9 Å². The predicted molar refractivity (Wildman–Crippen MR) is 170 cm³/mol. The van der Waals surface area contributed by atoms with E-state index in [1.54, 1.807) is 5.41 Å². The Morgan fingerprint density at radius 2 is 1.50 bits per heavy atom. The van der Waals surface area contributed by atoms with Gasteiger partial charge in [-0.3, -0.25) is 4.79 Å². The third-order valence-corrected chi connectivity index (χ3v) is 8.18. The maximum atomic E-state index is 12.3. The lowest BCUT2D eigenvalue weighted by Gasteiger charge is -2.36. The molecule has 8 nitrogen and oxygen atoms in total. The number of benzene rings is 3. The second kappa shape index (κ2) is 16.9. The van der Waals surface area contributed by atoms with Crippen LogP contribution in [0.4, 0.5) is 0 Å². The Labute approximate surface area is 263 Å². The van der Waals surface area contributed by atoms with Crippen molar-refractivity contribution in [2.24, 2.45) is 0 Å². The molecule has 0 saturated carbocycles. The fraction of sp³-hybridized carbons (Fsp3) is 0.314. The summed E-state index contributed by atoms with van der Waals surface area (Å²) >= 11 is 1.22. The molecular weight excluding hydrogens is 578 g/mol. The van der Waals surface area contributed by atoms with Gasteiger partial charge < -0.3 is 29.0 Å². The van der Waals surface area contributed by atoms with Gasteiger partial charge >= 0.3 is 5.97 Å². The number of esters is 1. The van der Waals surface area contributed by atoms with Crippen LogP contribution >= 0.6 is 11.8 Å². The number of hydrogen-bond donors (Lipinski definition) is 1. The highest BCUT2D eigenvalue weighted by molar-refractivity contribution is 8.05. The van der Waals surface area contributed by atoms with E-state index >= 15 is 0 Å². The molecule has 4 rings (SSSR count). The number of ether oxygens (including phenoxy) is 5. The summed E-state index contributed by atoms with van der Waals surface area (Å²) < 4.78 is 31.0. The Balaban J connectivity index is 1.60. The lowest BCUT2D eigenvalue weighted by Crippen LogP contribution is -2.50. The van der Waals surface area contributed by atoms with E-state index in [4.69, 9.17) is 23.7 Å². The molecule has 1 heterocycles. The van der Waals surface area contributed by atoms with Gasteiger partial charge in [-0.1, -0.05) is 109 Å². The number of carbonyl (C=O) groups is 2. The lowest BCUT2D eigenvalue weighted by molar-refractivity contribution is -0.141. The Morgan fingerprint density at radius 3 is 2.07 bits per heavy atom. The molecule has 4 atom stereocenters. The van der Waals surface area contributed by atoms with Crippen LogP contribution in [0.3, 0.4) is 0 Å². The molecule has 0 bridgehead atoms. The summed E-state index contributed by atoms with van der Waals surface area (Å²) in [6, 6.07) is 29.8. The first-order chi connectivity index (χ1) is 21.4. The molecule has 3 aromatic rings. The molecule has 1 N–H and O–H groups in total. The Kier molecular flexibility index (Phi) is 12.8. The molecule has 1 aliphatic rings. The quantitative estimate of drug-likeness (QED) is 0.119. The molecule has 3 aromatic carbocycles. The van der Waals surface area contributed by atoms with E-state index in [0.29, 0.717) is 31.1 Å². The van der Waals surface area contributed by atoms with Crippen molar-refractivity contribution in [2.75, 3.05) is 20.3 Å². The van der Waals surface area contributed by atoms with Gasteiger partial charge in [0.05, 0.1) is 45.7 Å². The fourth-order valence-corrected chi connectivity index (χ4v) is 5.83. The van der Waals surface area contributed by atoms with Gasteiger partial charge in [-0.25, -0.2) is 4.79 Å². The average molecular weight is 618 g/mol. The van der Waals surface area contributed by atoms with Crippen molar-refractivity contribution in [3.05, 3.63) is 130 Å². The maximum absolute atomic E-state index is 12.3. The molecule has 1 amide bonds. The zero-order valence-electron chi connectivity index (χ0n) is 25.1. The molecule has 0 radical (unpaired) electrons. The Bertz CT molecular complexity index is 1370. The molecule has 9 heteroatoms. The summed E-state index contributed by atoms with van der Waals surface area (Å²) in [5, 5.41) is 4.13. The molecule has 232 valence electrons. The van der Waals surface area contributed by atoms with Crippen LogP contribution in [0.2, 0.25) is 0 Å². The van der Waals surface area contributed by atoms with Crippen molar-refractivity contribution < 1.29 is 33.3 Å². The van der Waals surface area contributed by atoms with Crippen LogP contribution < -0.4 is 5.32 Å². The minimum absolute atomic E-state index is 0.0164. The molecule has 1 saturated heterocycles. The summed E-state index contributed by atoms with van der Waals surface area (Å²) in [5.41, 5.74) is 2.37. The zero-order chi connectivity index (χ0) is 31.2. The number of rotatable bonds is 17. The van der Waals surface area contributed by atoms with Crippen LogP contribution in [0.1, 0.15) is 23.6 Å². The van der Waals surface area contributed by atoms with Crippen molar-refractivity contribution in [3.8, 4) is 0 Å². The fourth-order valence-electron chi connectivity index (χ4n) is 4.95. The van der Waals surface area contributed by atoms with E-state index < -0.39 is 29.9 Å². The van der Waals surface area contributed by atoms with E-state index in [9.17, 15) is 9.59 Å². The van der Waals surface area contributed by atoms with Crippen molar-refractivity contribution in [2.45, 2.75) is 50.7 Å². The van der Waals surface area contributed by atoms with Crippen LogP contribution in [0, 0.1) is 0 Å². The summed E-state index contributed by atoms with van der Waals surface area (Å²) in [6.45, 7) is 7.66. The van der Waals surface area contributed by atoms with E-state index in [-0.39, 0.29) is 18.7 Å². The standard InChI is InChI=1S/C35H39NO7S/c1-26(44-24-30(19-36-25-37)34(38)39-3)32-35(2,42-22-29-17-11-6-12-18-29)33(41-21-28-15-9-5-10-16-28)31(43-32)23-40-20-27-13-7-4-8-14-27/h4-18,24-25,31-33H,1,19-23H2,2-3H3,(H,36,37). The molecule has 1 fully saturated rings. The van der Waals surface area contributed by atoms with Crippen LogP contribution in [0.5, 0.6) is 0 Å². The summed E-state index contributed by atoms with van der Waals surface area (Å²) in [6.07, 6.45) is -1.10. The highest BCUT2D eigenvalue weighted by Crippen LogP contribution is 2.44. The van der Waals surface area contributed by atoms with Gasteiger partial charge in [0.25, 0.3) is 0 Å². The predicted octanol–water partition coefficient (Wildman–Crippen LogP) is 5.58. The Hall–Kier alpha value is -3.73. The maximum Gasteiger partial charge on any atom is 0.336 e. The lowest BCUT2D eigenvalue weighted by atomic mass is 9.91. The third-order valence-electron chi connectivity index (χ3n) is 7.26. The van der Waals surface area contributed by atoms with E-state index in [0.717, 1.165) is 16.7 Å². The number of nitrogens with one attached hydrogen (secondary N) is 1. The van der Waals surface area contributed by atoms with E-state index in [1.165, 1.54) is 18.9 Å². The Morgan fingerprint density at radius 1 is 0.932 bits per heavy atom. The van der Waals surface area contributed by atoms with Gasteiger partial charge in [-0.15, -0.1) is 0 Å². The van der Waals surface area contributed by atoms with Crippen LogP contribution in [-0.4, -0.2) is 56.6 Å². The van der Waals surface area contributed by atoms with Crippen LogP contribution in [-0.2, 0) is 53.1 Å². The monoisotopic (exact) mass is 617 g/mol. The first kappa shape index (κ1) is 33.2.